The molecule has 0 heterocycles. The Bertz CT molecular complexity index is 979. The van der Waals surface area contributed by atoms with Gasteiger partial charge in [-0.05, 0) is 103 Å². The maximum Gasteiger partial charge on any atom is 0.350 e. The lowest BCUT2D eigenvalue weighted by molar-refractivity contribution is -0.138. The molecule has 0 unspecified atom stereocenters. The van der Waals surface area contributed by atoms with Crippen LogP contribution in [0.2, 0.25) is 51.9 Å². The van der Waals surface area contributed by atoms with Crippen molar-refractivity contribution in [3.05, 3.63) is 53.6 Å². The molecule has 0 bridgehead atoms. The van der Waals surface area contributed by atoms with E-state index in [4.69, 9.17) is 13.0 Å². The van der Waals surface area contributed by atoms with Gasteiger partial charge in [-0.3, -0.25) is 0 Å². The summed E-state index contributed by atoms with van der Waals surface area (Å²) in [5, 5.41) is 0. The number of nitrogens with zero attached hydrogens (tertiary/aromatic N) is 1. The predicted molar refractivity (Wildman–Crippen MR) is 155 cm³/mol. The number of esters is 1. The number of carbonyl (C=O) groups excluding carboxylic acids is 1. The first kappa shape index (κ1) is 32.5. The van der Waals surface area contributed by atoms with E-state index in [0.717, 1.165) is 13.1 Å². The summed E-state index contributed by atoms with van der Waals surface area (Å²) in [6, 6.07) is 8.61. The molecule has 0 saturated carbocycles. The molecule has 0 amide bonds. The summed E-state index contributed by atoms with van der Waals surface area (Å²) < 4.78 is 45.0. The minimum Gasteiger partial charge on any atom is -0.462 e. The van der Waals surface area contributed by atoms with Gasteiger partial charge in [-0.25, -0.2) is 13.2 Å². The fraction of sp³-hybridized carbons (Fsp3) is 0.560. The van der Waals surface area contributed by atoms with Crippen molar-refractivity contribution < 1.29 is 26.2 Å². The van der Waals surface area contributed by atoms with E-state index < -0.39 is 41.0 Å². The van der Waals surface area contributed by atoms with Crippen LogP contribution in [0.25, 0.3) is 0 Å². The van der Waals surface area contributed by atoms with Gasteiger partial charge in [0.2, 0.25) is 9.84 Å². The third-order valence-corrected chi connectivity index (χ3v) is 16.3. The molecule has 204 valence electrons. The smallest absolute Gasteiger partial charge is 0.350 e. The summed E-state index contributed by atoms with van der Waals surface area (Å²) in [6.07, 6.45) is 5.21. The van der Waals surface area contributed by atoms with Crippen molar-refractivity contribution in [1.82, 2.24) is 4.90 Å². The summed E-state index contributed by atoms with van der Waals surface area (Å²) in [5.74, 6) is -0.858. The molecule has 0 spiro atoms. The number of ether oxygens (including phenoxy) is 1. The maximum atomic E-state index is 13.3. The first-order valence-electron chi connectivity index (χ1n) is 12.5. The van der Waals surface area contributed by atoms with Crippen LogP contribution in [0, 0.1) is 0 Å². The fourth-order valence-corrected chi connectivity index (χ4v) is 17.5. The van der Waals surface area contributed by atoms with Crippen LogP contribution >= 0.6 is 0 Å². The van der Waals surface area contributed by atoms with Gasteiger partial charge in [0, 0.05) is 13.1 Å². The third kappa shape index (κ3) is 11.7. The molecular weight excluding hydrogens is 527 g/mol. The number of allylic oxidation sites excluding steroid dienone is 2. The Hall–Kier alpha value is -1.51. The Labute approximate surface area is 222 Å². The van der Waals surface area contributed by atoms with Crippen LogP contribution in [-0.2, 0) is 27.6 Å². The number of sulfone groups is 1. The van der Waals surface area contributed by atoms with E-state index in [1.54, 1.807) is 30.5 Å². The van der Waals surface area contributed by atoms with Crippen LogP contribution in [0.4, 0.5) is 0 Å². The van der Waals surface area contributed by atoms with Crippen molar-refractivity contribution in [2.45, 2.75) is 77.0 Å². The van der Waals surface area contributed by atoms with Gasteiger partial charge < -0.3 is 17.9 Å². The largest absolute Gasteiger partial charge is 0.462 e. The zero-order chi connectivity index (χ0) is 27.6. The highest BCUT2D eigenvalue weighted by Crippen LogP contribution is 2.26. The topological polar surface area (TPSA) is 82.1 Å². The van der Waals surface area contributed by atoms with Gasteiger partial charge >= 0.3 is 14.5 Å². The van der Waals surface area contributed by atoms with Gasteiger partial charge in [-0.15, -0.1) is 0 Å². The molecule has 0 fully saturated rings. The number of hydrogen-bond donors (Lipinski definition) is 0. The summed E-state index contributed by atoms with van der Waals surface area (Å²) in [6.45, 7) is 20.6. The molecule has 36 heavy (non-hydrogen) atoms. The molecule has 0 aliphatic heterocycles. The molecule has 0 aliphatic rings. The second-order valence-electron chi connectivity index (χ2n) is 10.7. The van der Waals surface area contributed by atoms with E-state index in [1.165, 1.54) is 18.2 Å². The van der Waals surface area contributed by atoms with Crippen molar-refractivity contribution >= 4 is 41.0 Å². The molecule has 0 N–H and O–H groups in total. The molecule has 0 aromatic heterocycles. The lowest BCUT2D eigenvalue weighted by atomic mass is 10.4. The van der Waals surface area contributed by atoms with Gasteiger partial charge in [0.05, 0.1) is 11.5 Å². The van der Waals surface area contributed by atoms with E-state index in [2.05, 4.69) is 45.8 Å². The molecular formula is C25H45NO6SSi3. The Morgan fingerprint density at radius 1 is 0.917 bits per heavy atom. The molecule has 11 heteroatoms. The van der Waals surface area contributed by atoms with Crippen molar-refractivity contribution in [2.75, 3.05) is 19.7 Å². The van der Waals surface area contributed by atoms with Crippen molar-refractivity contribution in [1.29, 1.82) is 0 Å². The van der Waals surface area contributed by atoms with Gasteiger partial charge in [0.1, 0.15) is 0 Å². The zero-order valence-electron chi connectivity index (χ0n) is 23.5. The third-order valence-electron chi connectivity index (χ3n) is 4.95. The Morgan fingerprint density at radius 2 is 1.44 bits per heavy atom. The summed E-state index contributed by atoms with van der Waals surface area (Å²) in [7, 11) is -10.2. The Morgan fingerprint density at radius 3 is 1.92 bits per heavy atom. The average molecular weight is 572 g/mol. The minimum absolute atomic E-state index is 0.0523. The van der Waals surface area contributed by atoms with E-state index in [9.17, 15) is 13.2 Å². The lowest BCUT2D eigenvalue weighted by Gasteiger charge is -2.38. The number of carbonyl (C=O) groups is 1. The highest BCUT2D eigenvalue weighted by Gasteiger charge is 2.40. The van der Waals surface area contributed by atoms with Crippen LogP contribution in [0.15, 0.2) is 58.5 Å². The standard InChI is InChI=1S/C25H45NO6SSi3/c1-10-26(11-2)20-15-19-24(33(28,29)23-17-13-12-14-18-23)25(27)30-21-16-22-36(9,31-34(3,4)5)32-35(6,7)8/h12-15,17-20H,10-11,16,21-22H2,1-9H3. The van der Waals surface area contributed by atoms with Gasteiger partial charge in [-0.1, -0.05) is 18.2 Å². The molecule has 1 aromatic rings. The van der Waals surface area contributed by atoms with E-state index >= 15 is 0 Å². The highest BCUT2D eigenvalue weighted by molar-refractivity contribution is 7.96. The SMILES string of the molecule is CCN(C=CC=C(C(=O)OCCC[Si](C)(O[Si](C)(C)C)O[Si](C)(C)C)S(=O)(=O)c1ccccc1)CC. The molecule has 1 rings (SSSR count). The van der Waals surface area contributed by atoms with Gasteiger partial charge in [-0.2, -0.15) is 0 Å². The fourth-order valence-electron chi connectivity index (χ4n) is 3.73. The second kappa shape index (κ2) is 13.9. The quantitative estimate of drug-likeness (QED) is 0.0851. The predicted octanol–water partition coefficient (Wildman–Crippen LogP) is 5.91. The highest BCUT2D eigenvalue weighted by atomic mass is 32.2. The van der Waals surface area contributed by atoms with Gasteiger partial charge in [0.15, 0.2) is 21.5 Å². The Kier molecular flexibility index (Phi) is 12.5. The normalized spacial score (nSPS) is 13.8. The zero-order valence-corrected chi connectivity index (χ0v) is 27.3. The lowest BCUT2D eigenvalue weighted by Crippen LogP contribution is -2.52. The summed E-state index contributed by atoms with van der Waals surface area (Å²) >= 11 is 0. The molecule has 0 atom stereocenters. The summed E-state index contributed by atoms with van der Waals surface area (Å²) in [5.41, 5.74) is 0. The maximum absolute atomic E-state index is 13.3. The summed E-state index contributed by atoms with van der Waals surface area (Å²) in [4.78, 5) is 14.7. The average Bonchev–Trinajstić information content (AvgIpc) is 2.74. The molecule has 0 aliphatic carbocycles. The Balaban J connectivity index is 3.05. The number of benzene rings is 1. The van der Waals surface area contributed by atoms with Crippen LogP contribution < -0.4 is 0 Å². The molecule has 0 radical (unpaired) electrons. The van der Waals surface area contributed by atoms with E-state index in [-0.39, 0.29) is 16.4 Å². The first-order chi connectivity index (χ1) is 16.5. The number of hydrogen-bond acceptors (Lipinski definition) is 7. The molecule has 0 saturated heterocycles. The number of rotatable bonds is 15. The second-order valence-corrected chi connectivity index (χ2v) is 25.5. The van der Waals surface area contributed by atoms with Gasteiger partial charge in [0.25, 0.3) is 0 Å². The molecule has 1 aromatic carbocycles. The van der Waals surface area contributed by atoms with Crippen LogP contribution in [0.1, 0.15) is 20.3 Å². The van der Waals surface area contributed by atoms with Crippen molar-refractivity contribution in [2.24, 2.45) is 0 Å². The van der Waals surface area contributed by atoms with E-state index in [1.807, 2.05) is 18.7 Å². The molecule has 7 nitrogen and oxygen atoms in total. The minimum atomic E-state index is -4.04. The van der Waals surface area contributed by atoms with Crippen LogP contribution in [0.5, 0.6) is 0 Å². The monoisotopic (exact) mass is 571 g/mol. The van der Waals surface area contributed by atoms with Crippen molar-refractivity contribution in [3.8, 4) is 0 Å². The van der Waals surface area contributed by atoms with Crippen molar-refractivity contribution in [3.63, 3.8) is 0 Å². The first-order valence-corrected chi connectivity index (χ1v) is 23.4. The van der Waals surface area contributed by atoms with Crippen LogP contribution in [0.3, 0.4) is 0 Å². The van der Waals surface area contributed by atoms with E-state index in [0.29, 0.717) is 12.5 Å². The van der Waals surface area contributed by atoms with Crippen LogP contribution in [-0.4, -0.2) is 64.2 Å².